The maximum atomic E-state index is 12.7. The highest BCUT2D eigenvalue weighted by Crippen LogP contribution is 2.27. The normalized spacial score (nSPS) is 15.8. The Labute approximate surface area is 180 Å². The summed E-state index contributed by atoms with van der Waals surface area (Å²) in [7, 11) is 0. The van der Waals surface area contributed by atoms with E-state index in [0.717, 1.165) is 11.4 Å². The van der Waals surface area contributed by atoms with E-state index in [0.29, 0.717) is 12.1 Å². The lowest BCUT2D eigenvalue weighted by atomic mass is 9.95. The lowest BCUT2D eigenvalue weighted by Gasteiger charge is -2.29. The summed E-state index contributed by atoms with van der Waals surface area (Å²) in [6.07, 6.45) is 0.109. The van der Waals surface area contributed by atoms with Gasteiger partial charge in [0, 0.05) is 5.69 Å². The summed E-state index contributed by atoms with van der Waals surface area (Å²) in [6, 6.07) is 9.78. The molecule has 0 saturated carbocycles. The number of nitrogens with one attached hydrogen (secondary N) is 2. The van der Waals surface area contributed by atoms with Gasteiger partial charge in [0.15, 0.2) is 0 Å². The van der Waals surface area contributed by atoms with Crippen molar-refractivity contribution in [1.82, 2.24) is 20.4 Å². The van der Waals surface area contributed by atoms with Crippen LogP contribution >= 0.6 is 0 Å². The molecule has 2 N–H and O–H groups in total. The number of hydrogen-bond acceptors (Lipinski definition) is 6. The second-order valence-electron chi connectivity index (χ2n) is 7.12. The zero-order valence-electron chi connectivity index (χ0n) is 17.8. The van der Waals surface area contributed by atoms with Gasteiger partial charge in [0.05, 0.1) is 42.6 Å². The smallest absolute Gasteiger partial charge is 0.338 e. The van der Waals surface area contributed by atoms with Gasteiger partial charge in [-0.15, -0.1) is 0 Å². The molecule has 1 aliphatic rings. The Kier molecular flexibility index (Phi) is 7.07. The number of urea groups is 1. The summed E-state index contributed by atoms with van der Waals surface area (Å²) in [5.74, 6) is -1.05. The first-order valence-corrected chi connectivity index (χ1v) is 10.1. The highest BCUT2D eigenvalue weighted by atomic mass is 16.5. The van der Waals surface area contributed by atoms with Crippen molar-refractivity contribution in [3.63, 3.8) is 0 Å². The standard InChI is InChI=1S/C22H26N4O5/c1-4-30-21(28)19-17(23-22(29)24-20(19)16-8-6-5-7-9-16)13-31-18(27)10-11-26-15(3)12-14(2)25-26/h5-9,12,20H,4,10-11,13H2,1-3H3,(H2,23,24,29). The van der Waals surface area contributed by atoms with Crippen molar-refractivity contribution in [3.8, 4) is 0 Å². The Balaban J connectivity index is 1.76. The fourth-order valence-electron chi connectivity index (χ4n) is 3.40. The van der Waals surface area contributed by atoms with Crippen molar-refractivity contribution in [2.75, 3.05) is 13.2 Å². The predicted octanol–water partition coefficient (Wildman–Crippen LogP) is 2.30. The first-order chi connectivity index (χ1) is 14.9. The van der Waals surface area contributed by atoms with Crippen molar-refractivity contribution >= 4 is 18.0 Å². The van der Waals surface area contributed by atoms with Gasteiger partial charge in [-0.1, -0.05) is 30.3 Å². The maximum absolute atomic E-state index is 12.7. The molecule has 1 aromatic carbocycles. The molecule has 0 radical (unpaired) electrons. The van der Waals surface area contributed by atoms with Crippen LogP contribution in [0, 0.1) is 13.8 Å². The van der Waals surface area contributed by atoms with Crippen LogP contribution < -0.4 is 10.6 Å². The van der Waals surface area contributed by atoms with Gasteiger partial charge in [0.25, 0.3) is 0 Å². The topological polar surface area (TPSA) is 112 Å². The van der Waals surface area contributed by atoms with Gasteiger partial charge in [-0.25, -0.2) is 9.59 Å². The maximum Gasteiger partial charge on any atom is 0.338 e. The summed E-state index contributed by atoms with van der Waals surface area (Å²) < 4.78 is 12.3. The summed E-state index contributed by atoms with van der Waals surface area (Å²) >= 11 is 0. The van der Waals surface area contributed by atoms with Gasteiger partial charge in [0.1, 0.15) is 6.61 Å². The minimum absolute atomic E-state index is 0.109. The predicted molar refractivity (Wildman–Crippen MR) is 112 cm³/mol. The fraction of sp³-hybridized carbons (Fsp3) is 0.364. The summed E-state index contributed by atoms with van der Waals surface area (Å²) in [5, 5.41) is 9.63. The number of rotatable bonds is 8. The zero-order valence-corrected chi connectivity index (χ0v) is 17.8. The largest absolute Gasteiger partial charge is 0.463 e. The minimum atomic E-state index is -0.711. The molecule has 0 aliphatic carbocycles. The number of carbonyl (C=O) groups excluding carboxylic acids is 3. The van der Waals surface area contributed by atoms with E-state index in [1.807, 2.05) is 38.1 Å². The quantitative estimate of drug-likeness (QED) is 0.627. The molecule has 0 bridgehead atoms. The second kappa shape index (κ2) is 9.92. The molecule has 0 saturated heterocycles. The Bertz CT molecular complexity index is 997. The van der Waals surface area contributed by atoms with Crippen molar-refractivity contribution < 1.29 is 23.9 Å². The highest BCUT2D eigenvalue weighted by Gasteiger charge is 2.34. The number of amides is 2. The molecule has 164 valence electrons. The van der Waals surface area contributed by atoms with Crippen molar-refractivity contribution in [1.29, 1.82) is 0 Å². The van der Waals surface area contributed by atoms with Gasteiger partial charge in [-0.3, -0.25) is 9.48 Å². The van der Waals surface area contributed by atoms with Crippen LogP contribution in [0.2, 0.25) is 0 Å². The number of aromatic nitrogens is 2. The molecule has 31 heavy (non-hydrogen) atoms. The van der Waals surface area contributed by atoms with E-state index in [4.69, 9.17) is 9.47 Å². The van der Waals surface area contributed by atoms with Crippen LogP contribution in [0.25, 0.3) is 0 Å². The van der Waals surface area contributed by atoms with Crippen LogP contribution in [0.5, 0.6) is 0 Å². The van der Waals surface area contributed by atoms with Gasteiger partial charge < -0.3 is 20.1 Å². The van der Waals surface area contributed by atoms with Crippen LogP contribution in [0.15, 0.2) is 47.7 Å². The second-order valence-corrected chi connectivity index (χ2v) is 7.12. The molecule has 1 aromatic heterocycles. The molecule has 0 spiro atoms. The van der Waals surface area contributed by atoms with E-state index < -0.39 is 24.0 Å². The average Bonchev–Trinajstić information content (AvgIpc) is 3.07. The third-order valence-corrected chi connectivity index (χ3v) is 4.79. The van der Waals surface area contributed by atoms with Crippen molar-refractivity contribution in [2.24, 2.45) is 0 Å². The first kappa shape index (κ1) is 22.1. The number of benzene rings is 1. The lowest BCUT2D eigenvalue weighted by molar-refractivity contribution is -0.144. The van der Waals surface area contributed by atoms with E-state index >= 15 is 0 Å². The minimum Gasteiger partial charge on any atom is -0.463 e. The number of ether oxygens (including phenoxy) is 2. The van der Waals surface area contributed by atoms with Gasteiger partial charge >= 0.3 is 18.0 Å². The van der Waals surface area contributed by atoms with Crippen LogP contribution in [0.4, 0.5) is 4.79 Å². The molecule has 2 amide bonds. The van der Waals surface area contributed by atoms with Gasteiger partial charge in [-0.05, 0) is 32.4 Å². The number of carbonyl (C=O) groups is 3. The van der Waals surface area contributed by atoms with Crippen LogP contribution in [0.1, 0.15) is 36.3 Å². The molecule has 9 nitrogen and oxygen atoms in total. The molecule has 0 fully saturated rings. The monoisotopic (exact) mass is 426 g/mol. The molecule has 2 heterocycles. The van der Waals surface area contributed by atoms with Gasteiger partial charge in [0.2, 0.25) is 0 Å². The molecular weight excluding hydrogens is 400 g/mol. The molecule has 2 aromatic rings. The lowest BCUT2D eigenvalue weighted by Crippen LogP contribution is -2.47. The Hall–Kier alpha value is -3.62. The van der Waals surface area contributed by atoms with Crippen LogP contribution in [-0.2, 0) is 25.6 Å². The fourth-order valence-corrected chi connectivity index (χ4v) is 3.40. The Morgan fingerprint density at radius 2 is 1.90 bits per heavy atom. The summed E-state index contributed by atoms with van der Waals surface area (Å²) in [6.45, 7) is 5.80. The molecular formula is C22H26N4O5. The van der Waals surface area contributed by atoms with E-state index in [-0.39, 0.29) is 30.9 Å². The number of esters is 2. The third-order valence-electron chi connectivity index (χ3n) is 4.79. The molecule has 1 aliphatic heterocycles. The van der Waals surface area contributed by atoms with E-state index in [1.54, 1.807) is 23.7 Å². The highest BCUT2D eigenvalue weighted by molar-refractivity contribution is 5.95. The van der Waals surface area contributed by atoms with E-state index in [1.165, 1.54) is 0 Å². The summed E-state index contributed by atoms with van der Waals surface area (Å²) in [4.78, 5) is 37.2. The zero-order chi connectivity index (χ0) is 22.4. The first-order valence-electron chi connectivity index (χ1n) is 10.1. The number of hydrogen-bond donors (Lipinski definition) is 2. The molecule has 9 heteroatoms. The number of aryl methyl sites for hydroxylation is 3. The average molecular weight is 426 g/mol. The van der Waals surface area contributed by atoms with Crippen LogP contribution in [0.3, 0.4) is 0 Å². The van der Waals surface area contributed by atoms with E-state index in [2.05, 4.69) is 15.7 Å². The van der Waals surface area contributed by atoms with Gasteiger partial charge in [-0.2, -0.15) is 5.10 Å². The van der Waals surface area contributed by atoms with E-state index in [9.17, 15) is 14.4 Å². The van der Waals surface area contributed by atoms with Crippen LogP contribution in [-0.4, -0.2) is 41.0 Å². The number of nitrogens with zero attached hydrogens (tertiary/aromatic N) is 2. The molecule has 1 unspecified atom stereocenters. The third kappa shape index (κ3) is 5.50. The molecule has 3 rings (SSSR count). The molecule has 1 atom stereocenters. The Morgan fingerprint density at radius 3 is 2.55 bits per heavy atom. The van der Waals surface area contributed by atoms with Crippen molar-refractivity contribution in [2.45, 2.75) is 39.8 Å². The SMILES string of the molecule is CCOC(=O)C1=C(COC(=O)CCn2nc(C)cc2C)NC(=O)NC1c1ccccc1. The summed E-state index contributed by atoms with van der Waals surface area (Å²) in [5.41, 5.74) is 2.96. The Morgan fingerprint density at radius 1 is 1.16 bits per heavy atom. The van der Waals surface area contributed by atoms with Crippen molar-refractivity contribution in [3.05, 3.63) is 64.6 Å².